The molecular formula is C39H75O10P. The van der Waals surface area contributed by atoms with Gasteiger partial charge >= 0.3 is 19.8 Å². The van der Waals surface area contributed by atoms with Crippen molar-refractivity contribution in [2.45, 2.75) is 199 Å². The van der Waals surface area contributed by atoms with Gasteiger partial charge in [0.25, 0.3) is 0 Å². The summed E-state index contributed by atoms with van der Waals surface area (Å²) in [4.78, 5) is 34.8. The van der Waals surface area contributed by atoms with Gasteiger partial charge in [0, 0.05) is 12.8 Å². The van der Waals surface area contributed by atoms with Crippen LogP contribution in [-0.2, 0) is 32.7 Å². The Morgan fingerprint density at radius 1 is 0.580 bits per heavy atom. The van der Waals surface area contributed by atoms with Gasteiger partial charge in [-0.2, -0.15) is 0 Å². The predicted molar refractivity (Wildman–Crippen MR) is 201 cm³/mol. The van der Waals surface area contributed by atoms with E-state index in [-0.39, 0.29) is 19.4 Å². The molecule has 50 heavy (non-hydrogen) atoms. The summed E-state index contributed by atoms with van der Waals surface area (Å²) in [6.07, 6.45) is 31.8. The van der Waals surface area contributed by atoms with Crippen molar-refractivity contribution in [1.82, 2.24) is 0 Å². The van der Waals surface area contributed by atoms with E-state index in [2.05, 4.69) is 30.5 Å². The first-order valence-electron chi connectivity index (χ1n) is 20.1. The fraction of sp³-hybridized carbons (Fsp3) is 0.897. The van der Waals surface area contributed by atoms with Crippen molar-refractivity contribution in [1.29, 1.82) is 0 Å². The molecule has 0 aliphatic heterocycles. The highest BCUT2D eigenvalue weighted by Crippen LogP contribution is 2.43. The third-order valence-corrected chi connectivity index (χ3v) is 9.62. The third-order valence-electron chi connectivity index (χ3n) is 8.67. The van der Waals surface area contributed by atoms with Crippen molar-refractivity contribution in [2.24, 2.45) is 0 Å². The van der Waals surface area contributed by atoms with E-state index in [4.69, 9.17) is 19.1 Å². The molecule has 296 valence electrons. The number of esters is 2. The fourth-order valence-electron chi connectivity index (χ4n) is 5.52. The summed E-state index contributed by atoms with van der Waals surface area (Å²) < 4.78 is 32.6. The first-order chi connectivity index (χ1) is 24.2. The number of phosphoric acid groups is 1. The second-order valence-electron chi connectivity index (χ2n) is 13.7. The summed E-state index contributed by atoms with van der Waals surface area (Å²) in [6.45, 7) is 2.36. The number of carbonyl (C=O) groups excluding carboxylic acids is 2. The van der Waals surface area contributed by atoms with Gasteiger partial charge in [-0.25, -0.2) is 4.57 Å². The van der Waals surface area contributed by atoms with Crippen LogP contribution in [0.4, 0.5) is 0 Å². The second kappa shape index (κ2) is 36.1. The lowest BCUT2D eigenvalue weighted by molar-refractivity contribution is -0.161. The molecule has 3 N–H and O–H groups in total. The van der Waals surface area contributed by atoms with Gasteiger partial charge in [-0.1, -0.05) is 148 Å². The van der Waals surface area contributed by atoms with Crippen molar-refractivity contribution >= 4 is 19.8 Å². The average Bonchev–Trinajstić information content (AvgIpc) is 3.10. The van der Waals surface area contributed by atoms with Gasteiger partial charge in [-0.3, -0.25) is 18.6 Å². The van der Waals surface area contributed by atoms with Crippen LogP contribution in [-0.4, -0.2) is 65.7 Å². The molecule has 0 bridgehead atoms. The summed E-state index contributed by atoms with van der Waals surface area (Å²) >= 11 is 0. The Hall–Kier alpha value is -1.29. The molecule has 0 aliphatic rings. The van der Waals surface area contributed by atoms with Gasteiger partial charge < -0.3 is 24.6 Å². The number of ether oxygens (including phenoxy) is 2. The molecule has 0 heterocycles. The van der Waals surface area contributed by atoms with Gasteiger partial charge in [0.15, 0.2) is 6.10 Å². The summed E-state index contributed by atoms with van der Waals surface area (Å²) in [7, 11) is -4.61. The van der Waals surface area contributed by atoms with Gasteiger partial charge in [0.2, 0.25) is 0 Å². The van der Waals surface area contributed by atoms with Gasteiger partial charge in [0.1, 0.15) is 12.7 Å². The van der Waals surface area contributed by atoms with E-state index in [0.717, 1.165) is 44.9 Å². The molecule has 0 saturated heterocycles. The molecule has 10 nitrogen and oxygen atoms in total. The minimum atomic E-state index is -4.61. The molecule has 0 aromatic heterocycles. The van der Waals surface area contributed by atoms with E-state index in [1.165, 1.54) is 103 Å². The third kappa shape index (κ3) is 35.1. The summed E-state index contributed by atoms with van der Waals surface area (Å²) in [5, 5.41) is 18.3. The summed E-state index contributed by atoms with van der Waals surface area (Å²) in [6, 6.07) is 0. The highest BCUT2D eigenvalue weighted by molar-refractivity contribution is 7.47. The van der Waals surface area contributed by atoms with Crippen LogP contribution in [0.3, 0.4) is 0 Å². The van der Waals surface area contributed by atoms with Gasteiger partial charge in [-0.05, 0) is 38.5 Å². The summed E-state index contributed by atoms with van der Waals surface area (Å²) in [5.41, 5.74) is 0. The molecule has 0 aliphatic carbocycles. The number of carbonyl (C=O) groups is 2. The van der Waals surface area contributed by atoms with Crippen molar-refractivity contribution < 1.29 is 47.8 Å². The number of hydrogen-bond acceptors (Lipinski definition) is 9. The minimum absolute atomic E-state index is 0.186. The number of allylic oxidation sites excluding steroid dienone is 2. The Labute approximate surface area is 305 Å². The topological polar surface area (TPSA) is 149 Å². The molecule has 1 unspecified atom stereocenters. The maximum Gasteiger partial charge on any atom is 0.472 e. The van der Waals surface area contributed by atoms with E-state index in [1.54, 1.807) is 0 Å². The smallest absolute Gasteiger partial charge is 0.462 e. The maximum atomic E-state index is 12.6. The second-order valence-corrected chi connectivity index (χ2v) is 15.1. The highest BCUT2D eigenvalue weighted by Gasteiger charge is 2.27. The van der Waals surface area contributed by atoms with E-state index in [0.29, 0.717) is 12.8 Å². The van der Waals surface area contributed by atoms with Crippen LogP contribution >= 0.6 is 7.82 Å². The van der Waals surface area contributed by atoms with Crippen molar-refractivity contribution in [3.05, 3.63) is 12.2 Å². The fourth-order valence-corrected chi connectivity index (χ4v) is 6.31. The largest absolute Gasteiger partial charge is 0.472 e. The van der Waals surface area contributed by atoms with Crippen LogP contribution in [0, 0.1) is 0 Å². The van der Waals surface area contributed by atoms with Crippen LogP contribution in [0.15, 0.2) is 12.2 Å². The Bertz CT molecular complexity index is 853. The number of unbranched alkanes of at least 4 members (excludes halogenated alkanes) is 22. The number of phosphoric ester groups is 1. The molecule has 0 spiro atoms. The molecular weight excluding hydrogens is 659 g/mol. The number of aliphatic hydroxyl groups is 2. The molecule has 0 aromatic carbocycles. The van der Waals surface area contributed by atoms with E-state index in [1.807, 2.05) is 0 Å². The quantitative estimate of drug-likeness (QED) is 0.0242. The maximum absolute atomic E-state index is 12.6. The van der Waals surface area contributed by atoms with Crippen LogP contribution in [0.5, 0.6) is 0 Å². The Kier molecular flexibility index (Phi) is 35.2. The van der Waals surface area contributed by atoms with E-state index in [9.17, 15) is 24.2 Å². The molecule has 11 heteroatoms. The zero-order valence-electron chi connectivity index (χ0n) is 31.9. The SMILES string of the molecule is CCCCCCCC/C=C/CCCCCC(=O)OC[C@H](COP(=O)(O)OC[C@@H](O)CO)OC(=O)CCCCCCCCCCCCCCCC. The molecule has 3 atom stereocenters. The molecule has 0 saturated carbocycles. The standard InChI is InChI=1S/C39H75O10P/c1-3-5-7-9-11-13-15-17-19-21-23-25-27-29-31-39(43)49-37(35-48-50(44,45)47-33-36(41)32-40)34-46-38(42)30-28-26-24-22-20-18-16-14-12-10-8-6-4-2/h18,20,36-37,40-41H,3-17,19,21-35H2,1-2H3,(H,44,45)/b20-18+/t36-,37+/m0/s1. The normalized spacial score (nSPS) is 14.1. The molecule has 0 radical (unpaired) electrons. The van der Waals surface area contributed by atoms with Gasteiger partial charge in [0.05, 0.1) is 19.8 Å². The van der Waals surface area contributed by atoms with Crippen molar-refractivity contribution in [2.75, 3.05) is 26.4 Å². The summed E-state index contributed by atoms with van der Waals surface area (Å²) in [5.74, 6) is -0.936. The lowest BCUT2D eigenvalue weighted by atomic mass is 10.0. The number of rotatable bonds is 38. The van der Waals surface area contributed by atoms with E-state index < -0.39 is 51.8 Å². The Morgan fingerprint density at radius 2 is 0.980 bits per heavy atom. The monoisotopic (exact) mass is 735 g/mol. The lowest BCUT2D eigenvalue weighted by Crippen LogP contribution is -2.29. The Balaban J connectivity index is 4.34. The highest BCUT2D eigenvalue weighted by atomic mass is 31.2. The predicted octanol–water partition coefficient (Wildman–Crippen LogP) is 10.1. The zero-order chi connectivity index (χ0) is 37.0. The first-order valence-corrected chi connectivity index (χ1v) is 21.6. The van der Waals surface area contributed by atoms with Crippen LogP contribution < -0.4 is 0 Å². The molecule has 0 amide bonds. The Morgan fingerprint density at radius 3 is 1.46 bits per heavy atom. The molecule has 0 fully saturated rings. The van der Waals surface area contributed by atoms with Crippen molar-refractivity contribution in [3.63, 3.8) is 0 Å². The number of aliphatic hydroxyl groups excluding tert-OH is 2. The lowest BCUT2D eigenvalue weighted by Gasteiger charge is -2.20. The molecule has 0 aromatic rings. The average molecular weight is 735 g/mol. The van der Waals surface area contributed by atoms with Crippen LogP contribution in [0.1, 0.15) is 187 Å². The first kappa shape index (κ1) is 48.7. The van der Waals surface area contributed by atoms with Crippen LogP contribution in [0.25, 0.3) is 0 Å². The van der Waals surface area contributed by atoms with Gasteiger partial charge in [-0.15, -0.1) is 0 Å². The van der Waals surface area contributed by atoms with Crippen molar-refractivity contribution in [3.8, 4) is 0 Å². The van der Waals surface area contributed by atoms with Crippen LogP contribution in [0.2, 0.25) is 0 Å². The van der Waals surface area contributed by atoms with E-state index >= 15 is 0 Å². The zero-order valence-corrected chi connectivity index (χ0v) is 32.8. The minimum Gasteiger partial charge on any atom is -0.462 e. The number of hydrogen-bond donors (Lipinski definition) is 3. The molecule has 0 rings (SSSR count).